The number of rotatable bonds is 3. The average molecular weight is 340 g/mol. The Morgan fingerprint density at radius 3 is 2.22 bits per heavy atom. The molecule has 1 heterocycles. The number of benzene rings is 1. The molecule has 6 heteroatoms. The molecule has 0 spiro atoms. The Bertz CT molecular complexity index is 586. The van der Waals surface area contributed by atoms with E-state index in [1.165, 1.54) is 0 Å². The molecule has 0 fully saturated rings. The molecule has 0 aliphatic rings. The van der Waals surface area contributed by atoms with Crippen molar-refractivity contribution in [3.05, 3.63) is 54.1 Å². The molecule has 1 aromatic carbocycles. The van der Waals surface area contributed by atoms with Gasteiger partial charge in [-0.15, -0.1) is 11.3 Å². The molecule has 0 atom stereocenters. The van der Waals surface area contributed by atoms with Crippen LogP contribution in [0.2, 0.25) is 18.7 Å². The molecule has 0 unspecified atom stereocenters. The predicted molar refractivity (Wildman–Crippen MR) is 78.8 cm³/mol. The summed E-state index contributed by atoms with van der Waals surface area (Å²) in [4.78, 5) is 12.1. The number of halogens is 4. The minimum atomic E-state index is -0.154. The summed E-state index contributed by atoms with van der Waals surface area (Å²) in [6.45, 7) is 0. The second-order valence-electron chi connectivity index (χ2n) is 3.54. The molecule has 0 N–H and O–H groups in total. The summed E-state index contributed by atoms with van der Waals surface area (Å²) in [5.41, 5.74) is 1.01. The lowest BCUT2D eigenvalue weighted by Crippen LogP contribution is -2.03. The van der Waals surface area contributed by atoms with Gasteiger partial charge in [0.05, 0.1) is 4.34 Å². The number of hydrogen-bond donors (Lipinski definition) is 0. The summed E-state index contributed by atoms with van der Waals surface area (Å²) >= 11 is 24.9. The van der Waals surface area contributed by atoms with Crippen LogP contribution in [0, 0.1) is 0 Å². The first-order chi connectivity index (χ1) is 8.49. The highest BCUT2D eigenvalue weighted by molar-refractivity contribution is 7.20. The summed E-state index contributed by atoms with van der Waals surface area (Å²) in [6.07, 6.45) is 0.102. The molecular formula is C12H6Cl4OS. The van der Waals surface area contributed by atoms with Gasteiger partial charge in [0.1, 0.15) is 4.34 Å². The molecule has 0 aliphatic heterocycles. The van der Waals surface area contributed by atoms with Gasteiger partial charge in [-0.1, -0.05) is 52.5 Å². The van der Waals surface area contributed by atoms with Crippen molar-refractivity contribution in [2.24, 2.45) is 0 Å². The summed E-state index contributed by atoms with van der Waals surface area (Å²) in [5, 5.41) is 0.932. The van der Waals surface area contributed by atoms with E-state index in [-0.39, 0.29) is 12.2 Å². The fourth-order valence-corrected chi connectivity index (χ4v) is 3.52. The molecular weight excluding hydrogens is 334 g/mol. The first-order valence-corrected chi connectivity index (χ1v) is 7.23. The highest BCUT2D eigenvalue weighted by Crippen LogP contribution is 2.33. The van der Waals surface area contributed by atoms with Crippen LogP contribution in [0.1, 0.15) is 15.9 Å². The molecule has 0 bridgehead atoms. The standard InChI is InChI=1S/C12H6Cl4OS/c13-8-2-1-3-9(14)6(8)4-10(17)7-5-11(15)18-12(7)16/h1-3,5H,4H2. The smallest absolute Gasteiger partial charge is 0.169 e. The molecule has 18 heavy (non-hydrogen) atoms. The van der Waals surface area contributed by atoms with Crippen LogP contribution in [0.25, 0.3) is 0 Å². The third-order valence-electron chi connectivity index (χ3n) is 2.36. The fourth-order valence-electron chi connectivity index (χ4n) is 1.49. The van der Waals surface area contributed by atoms with E-state index < -0.39 is 0 Å². The topological polar surface area (TPSA) is 17.1 Å². The Balaban J connectivity index is 2.30. The highest BCUT2D eigenvalue weighted by atomic mass is 35.5. The third-order valence-corrected chi connectivity index (χ3v) is 4.55. The van der Waals surface area contributed by atoms with Gasteiger partial charge in [-0.25, -0.2) is 0 Å². The molecule has 0 saturated heterocycles. The summed E-state index contributed by atoms with van der Waals surface area (Å²) in [5.74, 6) is -0.154. The largest absolute Gasteiger partial charge is 0.294 e. The van der Waals surface area contributed by atoms with Crippen molar-refractivity contribution in [3.8, 4) is 0 Å². The molecule has 94 valence electrons. The van der Waals surface area contributed by atoms with Gasteiger partial charge in [-0.3, -0.25) is 4.79 Å². The van der Waals surface area contributed by atoms with E-state index in [0.29, 0.717) is 29.8 Å². The third kappa shape index (κ3) is 3.01. The van der Waals surface area contributed by atoms with Crippen LogP contribution in [-0.2, 0) is 6.42 Å². The number of thiophene rings is 1. The van der Waals surface area contributed by atoms with Crippen LogP contribution in [0.15, 0.2) is 24.3 Å². The Kier molecular flexibility index (Phi) is 4.57. The molecule has 1 aromatic heterocycles. The zero-order valence-corrected chi connectivity index (χ0v) is 12.7. The highest BCUT2D eigenvalue weighted by Gasteiger charge is 2.17. The first-order valence-electron chi connectivity index (χ1n) is 4.90. The van der Waals surface area contributed by atoms with Crippen LogP contribution in [0.4, 0.5) is 0 Å². The molecule has 2 rings (SSSR count). The number of Topliss-reactive ketones (excluding diaryl/α,β-unsaturated/α-hetero) is 1. The van der Waals surface area contributed by atoms with Crippen LogP contribution < -0.4 is 0 Å². The zero-order valence-electron chi connectivity index (χ0n) is 8.84. The van der Waals surface area contributed by atoms with E-state index in [1.54, 1.807) is 24.3 Å². The number of hydrogen-bond acceptors (Lipinski definition) is 2. The number of ketones is 1. The van der Waals surface area contributed by atoms with Crippen molar-refractivity contribution < 1.29 is 4.79 Å². The minimum absolute atomic E-state index is 0.102. The molecule has 0 aliphatic carbocycles. The van der Waals surface area contributed by atoms with E-state index >= 15 is 0 Å². The van der Waals surface area contributed by atoms with Gasteiger partial charge in [0.25, 0.3) is 0 Å². The molecule has 0 radical (unpaired) electrons. The lowest BCUT2D eigenvalue weighted by molar-refractivity contribution is 0.0993. The molecule has 2 aromatic rings. The number of carbonyl (C=O) groups excluding carboxylic acids is 1. The van der Waals surface area contributed by atoms with Crippen molar-refractivity contribution in [1.29, 1.82) is 0 Å². The fraction of sp³-hybridized carbons (Fsp3) is 0.0833. The van der Waals surface area contributed by atoms with Crippen LogP contribution in [0.5, 0.6) is 0 Å². The zero-order chi connectivity index (χ0) is 13.3. The Labute approximate surface area is 128 Å². The van der Waals surface area contributed by atoms with Crippen LogP contribution in [0.3, 0.4) is 0 Å². The van der Waals surface area contributed by atoms with Gasteiger partial charge in [-0.05, 0) is 23.8 Å². The van der Waals surface area contributed by atoms with E-state index in [1.807, 2.05) is 0 Å². The Hall–Kier alpha value is -0.250. The maximum atomic E-state index is 12.1. The van der Waals surface area contributed by atoms with Gasteiger partial charge in [0, 0.05) is 22.0 Å². The van der Waals surface area contributed by atoms with Crippen molar-refractivity contribution in [3.63, 3.8) is 0 Å². The second kappa shape index (κ2) is 5.81. The van der Waals surface area contributed by atoms with E-state index in [2.05, 4.69) is 0 Å². The SMILES string of the molecule is O=C(Cc1c(Cl)cccc1Cl)c1cc(Cl)sc1Cl. The van der Waals surface area contributed by atoms with Gasteiger partial charge in [-0.2, -0.15) is 0 Å². The second-order valence-corrected chi connectivity index (χ2v) is 6.64. The maximum Gasteiger partial charge on any atom is 0.169 e. The lowest BCUT2D eigenvalue weighted by Gasteiger charge is -2.05. The van der Waals surface area contributed by atoms with Gasteiger partial charge in [0.15, 0.2) is 5.78 Å². The van der Waals surface area contributed by atoms with Crippen molar-refractivity contribution in [2.45, 2.75) is 6.42 Å². The Morgan fingerprint density at radius 1 is 1.11 bits per heavy atom. The first kappa shape index (κ1) is 14.2. The normalized spacial score (nSPS) is 10.7. The summed E-state index contributed by atoms with van der Waals surface area (Å²) in [6, 6.07) is 6.67. The number of carbonyl (C=O) groups is 1. The molecule has 0 saturated carbocycles. The predicted octanol–water partition coefficient (Wildman–Crippen LogP) is 5.79. The van der Waals surface area contributed by atoms with E-state index in [0.717, 1.165) is 11.3 Å². The van der Waals surface area contributed by atoms with Crippen LogP contribution >= 0.6 is 57.7 Å². The quantitative estimate of drug-likeness (QED) is 0.647. The maximum absolute atomic E-state index is 12.1. The lowest BCUT2D eigenvalue weighted by atomic mass is 10.1. The van der Waals surface area contributed by atoms with Gasteiger partial charge >= 0.3 is 0 Å². The van der Waals surface area contributed by atoms with E-state index in [4.69, 9.17) is 46.4 Å². The average Bonchev–Trinajstić information content (AvgIpc) is 2.63. The Morgan fingerprint density at radius 2 is 1.72 bits per heavy atom. The molecule has 0 amide bonds. The van der Waals surface area contributed by atoms with Gasteiger partial charge in [0.2, 0.25) is 0 Å². The van der Waals surface area contributed by atoms with Crippen molar-refractivity contribution in [1.82, 2.24) is 0 Å². The van der Waals surface area contributed by atoms with Gasteiger partial charge < -0.3 is 0 Å². The van der Waals surface area contributed by atoms with Crippen molar-refractivity contribution in [2.75, 3.05) is 0 Å². The van der Waals surface area contributed by atoms with E-state index in [9.17, 15) is 4.79 Å². The summed E-state index contributed by atoms with van der Waals surface area (Å²) < 4.78 is 0.863. The van der Waals surface area contributed by atoms with Crippen LogP contribution in [-0.4, -0.2) is 5.78 Å². The van der Waals surface area contributed by atoms with Crippen molar-refractivity contribution >= 4 is 63.5 Å². The monoisotopic (exact) mass is 338 g/mol. The minimum Gasteiger partial charge on any atom is -0.294 e. The molecule has 1 nitrogen and oxygen atoms in total. The summed E-state index contributed by atoms with van der Waals surface area (Å²) in [7, 11) is 0.